The minimum Gasteiger partial charge on any atom is -0.493 e. The third-order valence-corrected chi connectivity index (χ3v) is 5.71. The Morgan fingerprint density at radius 3 is 2.04 bits per heavy atom. The summed E-state index contributed by atoms with van der Waals surface area (Å²) in [5.74, 6) is 1.94. The van der Waals surface area contributed by atoms with Gasteiger partial charge in [0.25, 0.3) is 0 Å². The van der Waals surface area contributed by atoms with Gasteiger partial charge in [0, 0.05) is 42.7 Å². The fourth-order valence-electron chi connectivity index (χ4n) is 4.26. The topological polar surface area (TPSA) is 61.8 Å². The molecule has 1 aliphatic heterocycles. The Balaban J connectivity index is 1.93. The zero-order valence-electron chi connectivity index (χ0n) is 15.4. The Hall–Kier alpha value is -2.27. The van der Waals surface area contributed by atoms with E-state index in [0.717, 1.165) is 18.4 Å². The molecule has 6 heteroatoms. The minimum absolute atomic E-state index is 0.0390. The van der Waals surface area contributed by atoms with E-state index in [-0.39, 0.29) is 11.6 Å². The maximum atomic E-state index is 12.8. The molecule has 1 heterocycles. The SMILES string of the molecule is COc1cc(C2C3=C(CCCC3=O)OC3=C2C(=O)CCC3)cc(Cl)c1OC. The van der Waals surface area contributed by atoms with Crippen LogP contribution in [0.3, 0.4) is 0 Å². The highest BCUT2D eigenvalue weighted by Gasteiger charge is 2.42. The summed E-state index contributed by atoms with van der Waals surface area (Å²) in [7, 11) is 3.06. The highest BCUT2D eigenvalue weighted by atomic mass is 35.5. The van der Waals surface area contributed by atoms with Crippen LogP contribution in [0.25, 0.3) is 0 Å². The number of carbonyl (C=O) groups excluding carboxylic acids is 2. The van der Waals surface area contributed by atoms with E-state index in [4.69, 9.17) is 25.8 Å². The molecule has 0 aromatic heterocycles. The third kappa shape index (κ3) is 2.94. The van der Waals surface area contributed by atoms with E-state index in [0.29, 0.717) is 64.9 Å². The van der Waals surface area contributed by atoms with Crippen molar-refractivity contribution >= 4 is 23.2 Å². The molecule has 1 aromatic rings. The molecule has 0 N–H and O–H groups in total. The van der Waals surface area contributed by atoms with Crippen LogP contribution in [0.5, 0.6) is 11.5 Å². The van der Waals surface area contributed by atoms with Crippen LogP contribution < -0.4 is 9.47 Å². The largest absolute Gasteiger partial charge is 0.493 e. The van der Waals surface area contributed by atoms with E-state index in [9.17, 15) is 9.59 Å². The van der Waals surface area contributed by atoms with Crippen LogP contribution in [-0.2, 0) is 14.3 Å². The highest BCUT2D eigenvalue weighted by Crippen LogP contribution is 2.49. The van der Waals surface area contributed by atoms with Crippen molar-refractivity contribution in [2.45, 2.75) is 44.4 Å². The van der Waals surface area contributed by atoms with Gasteiger partial charge in [0.2, 0.25) is 0 Å². The van der Waals surface area contributed by atoms with Crippen LogP contribution in [0, 0.1) is 0 Å². The van der Waals surface area contributed by atoms with E-state index >= 15 is 0 Å². The summed E-state index contributed by atoms with van der Waals surface area (Å²) in [6, 6.07) is 3.57. The maximum absolute atomic E-state index is 12.8. The normalized spacial score (nSPS) is 20.3. The van der Waals surface area contributed by atoms with Crippen molar-refractivity contribution < 1.29 is 23.8 Å². The molecule has 0 bridgehead atoms. The van der Waals surface area contributed by atoms with Crippen LogP contribution in [0.4, 0.5) is 0 Å². The van der Waals surface area contributed by atoms with Crippen molar-refractivity contribution in [2.75, 3.05) is 14.2 Å². The lowest BCUT2D eigenvalue weighted by Gasteiger charge is -2.36. The standard InChI is InChI=1S/C21H21ClO5/c1-25-17-10-11(9-12(22)21(17)26-2)18-19-13(23)5-3-7-15(19)27-16-8-4-6-14(24)20(16)18/h9-10,18H,3-8H2,1-2H3. The van der Waals surface area contributed by atoms with Gasteiger partial charge in [0.1, 0.15) is 11.5 Å². The summed E-state index contributed by atoms with van der Waals surface area (Å²) in [6.07, 6.45) is 3.90. The number of allylic oxidation sites excluding steroid dienone is 4. The fraction of sp³-hybridized carbons (Fsp3) is 0.429. The van der Waals surface area contributed by atoms with Gasteiger partial charge in [-0.3, -0.25) is 9.59 Å². The average Bonchev–Trinajstić information content (AvgIpc) is 2.66. The van der Waals surface area contributed by atoms with Crippen LogP contribution in [0.1, 0.15) is 50.0 Å². The predicted molar refractivity (Wildman–Crippen MR) is 100 cm³/mol. The van der Waals surface area contributed by atoms with Gasteiger partial charge < -0.3 is 14.2 Å². The van der Waals surface area contributed by atoms with Crippen LogP contribution in [0.2, 0.25) is 5.02 Å². The van der Waals surface area contributed by atoms with E-state index in [1.165, 1.54) is 14.2 Å². The average molecular weight is 389 g/mol. The molecule has 0 atom stereocenters. The quantitative estimate of drug-likeness (QED) is 0.763. The van der Waals surface area contributed by atoms with Gasteiger partial charge in [-0.2, -0.15) is 0 Å². The molecule has 2 aliphatic carbocycles. The zero-order chi connectivity index (χ0) is 19.1. The number of ketones is 2. The first-order valence-corrected chi connectivity index (χ1v) is 9.54. The molecule has 4 rings (SSSR count). The number of hydrogen-bond acceptors (Lipinski definition) is 5. The van der Waals surface area contributed by atoms with Gasteiger partial charge in [-0.1, -0.05) is 11.6 Å². The monoisotopic (exact) mass is 388 g/mol. The van der Waals surface area contributed by atoms with Gasteiger partial charge in [-0.15, -0.1) is 0 Å². The lowest BCUT2D eigenvalue weighted by atomic mass is 9.73. The maximum Gasteiger partial charge on any atom is 0.179 e. The number of methoxy groups -OCH3 is 2. The van der Waals surface area contributed by atoms with Crippen LogP contribution >= 0.6 is 11.6 Å². The molecule has 27 heavy (non-hydrogen) atoms. The van der Waals surface area contributed by atoms with Crippen molar-refractivity contribution in [2.24, 2.45) is 0 Å². The van der Waals surface area contributed by atoms with E-state index in [1.54, 1.807) is 12.1 Å². The molecule has 5 nitrogen and oxygen atoms in total. The summed E-state index contributed by atoms with van der Waals surface area (Å²) in [4.78, 5) is 25.6. The number of ether oxygens (including phenoxy) is 3. The third-order valence-electron chi connectivity index (χ3n) is 5.43. The van der Waals surface area contributed by atoms with E-state index in [1.807, 2.05) is 0 Å². The second kappa shape index (κ2) is 7.04. The van der Waals surface area contributed by atoms with Crippen molar-refractivity contribution in [3.05, 3.63) is 45.4 Å². The Bertz CT molecular complexity index is 854. The number of halogens is 1. The van der Waals surface area contributed by atoms with Gasteiger partial charge in [0.15, 0.2) is 23.1 Å². The number of carbonyl (C=O) groups is 2. The molecule has 142 valence electrons. The van der Waals surface area contributed by atoms with Gasteiger partial charge in [-0.05, 0) is 30.5 Å². The van der Waals surface area contributed by atoms with Crippen LogP contribution in [0.15, 0.2) is 34.8 Å². The lowest BCUT2D eigenvalue weighted by Crippen LogP contribution is -2.30. The highest BCUT2D eigenvalue weighted by molar-refractivity contribution is 6.32. The lowest BCUT2D eigenvalue weighted by molar-refractivity contribution is -0.117. The summed E-state index contributed by atoms with van der Waals surface area (Å²) in [6.45, 7) is 0. The molecular weight excluding hydrogens is 368 g/mol. The molecule has 0 saturated carbocycles. The Kier molecular flexibility index (Phi) is 4.72. The smallest absolute Gasteiger partial charge is 0.179 e. The van der Waals surface area contributed by atoms with Crippen LogP contribution in [-0.4, -0.2) is 25.8 Å². The zero-order valence-corrected chi connectivity index (χ0v) is 16.1. The van der Waals surface area contributed by atoms with Crippen molar-refractivity contribution in [1.82, 2.24) is 0 Å². The van der Waals surface area contributed by atoms with E-state index in [2.05, 4.69) is 0 Å². The molecule has 1 aromatic carbocycles. The van der Waals surface area contributed by atoms with Crippen molar-refractivity contribution in [3.8, 4) is 11.5 Å². The number of Topliss-reactive ketones (excluding diaryl/α,β-unsaturated/α-hetero) is 2. The summed E-state index contributed by atoms with van der Waals surface area (Å²) in [5, 5.41) is 0.383. The first-order chi connectivity index (χ1) is 13.0. The number of rotatable bonds is 3. The van der Waals surface area contributed by atoms with Gasteiger partial charge in [-0.25, -0.2) is 0 Å². The molecule has 0 saturated heterocycles. The molecule has 0 amide bonds. The predicted octanol–water partition coefficient (Wildman–Crippen LogP) is 4.49. The first-order valence-electron chi connectivity index (χ1n) is 9.17. The molecule has 0 spiro atoms. The summed E-state index contributed by atoms with van der Waals surface area (Å²) in [5.41, 5.74) is 1.95. The first kappa shape index (κ1) is 18.1. The molecule has 0 radical (unpaired) electrons. The second-order valence-corrected chi connectivity index (χ2v) is 7.41. The Labute approximate surface area is 162 Å². The minimum atomic E-state index is -0.457. The Morgan fingerprint density at radius 1 is 0.926 bits per heavy atom. The second-order valence-electron chi connectivity index (χ2n) is 7.00. The van der Waals surface area contributed by atoms with Gasteiger partial charge >= 0.3 is 0 Å². The molecule has 3 aliphatic rings. The molecule has 0 unspecified atom stereocenters. The Morgan fingerprint density at radius 2 is 1.52 bits per heavy atom. The fourth-order valence-corrected chi connectivity index (χ4v) is 4.55. The molecular formula is C21H21ClO5. The van der Waals surface area contributed by atoms with E-state index < -0.39 is 5.92 Å². The van der Waals surface area contributed by atoms with Crippen molar-refractivity contribution in [3.63, 3.8) is 0 Å². The van der Waals surface area contributed by atoms with Crippen molar-refractivity contribution in [1.29, 1.82) is 0 Å². The summed E-state index contributed by atoms with van der Waals surface area (Å²) < 4.78 is 16.8. The van der Waals surface area contributed by atoms with Gasteiger partial charge in [0.05, 0.1) is 19.2 Å². The summed E-state index contributed by atoms with van der Waals surface area (Å²) >= 11 is 6.42. The number of hydrogen-bond donors (Lipinski definition) is 0. The molecule has 0 fully saturated rings. The number of benzene rings is 1.